The SMILES string of the molecule is Fc1ccc2c(c1)nc(CCCl)n2Cc1cccnn1. The predicted molar refractivity (Wildman–Crippen MR) is 75.2 cm³/mol. The molecule has 2 heterocycles. The van der Waals surface area contributed by atoms with Crippen LogP contribution in [0.3, 0.4) is 0 Å². The molecule has 0 N–H and O–H groups in total. The van der Waals surface area contributed by atoms with E-state index in [1.165, 1.54) is 12.1 Å². The van der Waals surface area contributed by atoms with Crippen molar-refractivity contribution in [2.45, 2.75) is 13.0 Å². The van der Waals surface area contributed by atoms with Crippen LogP contribution in [0.1, 0.15) is 11.5 Å². The Morgan fingerprint density at radius 2 is 2.15 bits per heavy atom. The molecule has 6 heteroatoms. The third kappa shape index (κ3) is 2.49. The molecular formula is C14H12ClFN4. The zero-order valence-corrected chi connectivity index (χ0v) is 11.4. The van der Waals surface area contributed by atoms with E-state index in [1.807, 2.05) is 16.7 Å². The van der Waals surface area contributed by atoms with E-state index in [1.54, 1.807) is 12.3 Å². The van der Waals surface area contributed by atoms with Crippen LogP contribution in [-0.2, 0) is 13.0 Å². The summed E-state index contributed by atoms with van der Waals surface area (Å²) in [5.41, 5.74) is 2.33. The van der Waals surface area contributed by atoms with Gasteiger partial charge in [-0.3, -0.25) is 0 Å². The minimum atomic E-state index is -0.293. The first-order valence-corrected chi connectivity index (χ1v) is 6.78. The van der Waals surface area contributed by atoms with E-state index in [0.717, 1.165) is 17.0 Å². The molecule has 3 aromatic rings. The summed E-state index contributed by atoms with van der Waals surface area (Å²) in [7, 11) is 0. The second-order valence-corrected chi connectivity index (χ2v) is 4.78. The molecule has 2 aromatic heterocycles. The van der Waals surface area contributed by atoms with Crippen molar-refractivity contribution in [2.75, 3.05) is 5.88 Å². The summed E-state index contributed by atoms with van der Waals surface area (Å²) in [6.45, 7) is 0.544. The van der Waals surface area contributed by atoms with Gasteiger partial charge in [-0.25, -0.2) is 9.37 Å². The van der Waals surface area contributed by atoms with Crippen LogP contribution in [0, 0.1) is 5.82 Å². The Balaban J connectivity index is 2.09. The van der Waals surface area contributed by atoms with Crippen LogP contribution in [0.15, 0.2) is 36.5 Å². The van der Waals surface area contributed by atoms with Gasteiger partial charge in [0, 0.05) is 24.6 Å². The number of fused-ring (bicyclic) bond motifs is 1. The smallest absolute Gasteiger partial charge is 0.125 e. The average Bonchev–Trinajstić information content (AvgIpc) is 2.77. The van der Waals surface area contributed by atoms with E-state index in [0.29, 0.717) is 24.4 Å². The van der Waals surface area contributed by atoms with Crippen molar-refractivity contribution in [3.05, 3.63) is 53.9 Å². The molecule has 3 rings (SSSR count). The molecule has 0 atom stereocenters. The fraction of sp³-hybridized carbons (Fsp3) is 0.214. The van der Waals surface area contributed by atoms with Gasteiger partial charge in [0.15, 0.2) is 0 Å². The van der Waals surface area contributed by atoms with Gasteiger partial charge in [-0.15, -0.1) is 11.6 Å². The molecule has 0 aliphatic carbocycles. The molecule has 0 fully saturated rings. The molecule has 0 amide bonds. The number of rotatable bonds is 4. The summed E-state index contributed by atoms with van der Waals surface area (Å²) in [5, 5.41) is 7.94. The zero-order chi connectivity index (χ0) is 13.9. The molecule has 0 unspecified atom stereocenters. The van der Waals surface area contributed by atoms with E-state index in [9.17, 15) is 4.39 Å². The molecule has 1 aromatic carbocycles. The lowest BCUT2D eigenvalue weighted by molar-refractivity contribution is 0.629. The van der Waals surface area contributed by atoms with Crippen LogP contribution in [0.25, 0.3) is 11.0 Å². The zero-order valence-electron chi connectivity index (χ0n) is 10.6. The van der Waals surface area contributed by atoms with Gasteiger partial charge in [-0.05, 0) is 24.3 Å². The second-order valence-electron chi connectivity index (χ2n) is 4.40. The van der Waals surface area contributed by atoms with Gasteiger partial charge in [0.05, 0.1) is 23.3 Å². The Bertz CT molecular complexity index is 727. The van der Waals surface area contributed by atoms with Gasteiger partial charge in [0.1, 0.15) is 11.6 Å². The van der Waals surface area contributed by atoms with Crippen LogP contribution >= 0.6 is 11.6 Å². The number of benzene rings is 1. The van der Waals surface area contributed by atoms with Crippen LogP contribution in [-0.4, -0.2) is 25.6 Å². The van der Waals surface area contributed by atoms with E-state index in [-0.39, 0.29) is 5.82 Å². The van der Waals surface area contributed by atoms with Crippen molar-refractivity contribution < 1.29 is 4.39 Å². The minimum Gasteiger partial charge on any atom is -0.322 e. The molecule has 4 nitrogen and oxygen atoms in total. The number of imidazole rings is 1. The first kappa shape index (κ1) is 13.0. The van der Waals surface area contributed by atoms with E-state index >= 15 is 0 Å². The van der Waals surface area contributed by atoms with Gasteiger partial charge in [0.25, 0.3) is 0 Å². The lowest BCUT2D eigenvalue weighted by Gasteiger charge is -2.07. The van der Waals surface area contributed by atoms with Crippen molar-refractivity contribution in [1.29, 1.82) is 0 Å². The molecule has 0 radical (unpaired) electrons. The quantitative estimate of drug-likeness (QED) is 0.694. The minimum absolute atomic E-state index is 0.293. The lowest BCUT2D eigenvalue weighted by atomic mass is 10.3. The highest BCUT2D eigenvalue weighted by Gasteiger charge is 2.12. The van der Waals surface area contributed by atoms with E-state index in [2.05, 4.69) is 15.2 Å². The van der Waals surface area contributed by atoms with Crippen LogP contribution in [0.4, 0.5) is 4.39 Å². The van der Waals surface area contributed by atoms with Crippen LogP contribution in [0.5, 0.6) is 0 Å². The monoisotopic (exact) mass is 290 g/mol. The predicted octanol–water partition coefficient (Wildman–Crippen LogP) is 2.79. The highest BCUT2D eigenvalue weighted by atomic mass is 35.5. The molecule has 20 heavy (non-hydrogen) atoms. The first-order chi connectivity index (χ1) is 9.78. The molecule has 102 valence electrons. The highest BCUT2D eigenvalue weighted by Crippen LogP contribution is 2.19. The second kappa shape index (κ2) is 5.54. The summed E-state index contributed by atoms with van der Waals surface area (Å²) >= 11 is 5.81. The number of hydrogen-bond acceptors (Lipinski definition) is 3. The summed E-state index contributed by atoms with van der Waals surface area (Å²) in [6.07, 6.45) is 2.25. The molecule has 0 bridgehead atoms. The number of aryl methyl sites for hydroxylation is 1. The Labute approximate surface area is 120 Å². The topological polar surface area (TPSA) is 43.6 Å². The largest absolute Gasteiger partial charge is 0.322 e. The van der Waals surface area contributed by atoms with Crippen LogP contribution < -0.4 is 0 Å². The number of alkyl halides is 1. The molecule has 0 aliphatic rings. The summed E-state index contributed by atoms with van der Waals surface area (Å²) in [4.78, 5) is 4.45. The van der Waals surface area contributed by atoms with Gasteiger partial charge in [-0.1, -0.05) is 0 Å². The maximum Gasteiger partial charge on any atom is 0.125 e. The molecule has 0 saturated heterocycles. The first-order valence-electron chi connectivity index (χ1n) is 6.25. The summed E-state index contributed by atoms with van der Waals surface area (Å²) in [5.74, 6) is 0.997. The molecule has 0 aliphatic heterocycles. The maximum absolute atomic E-state index is 13.3. The van der Waals surface area contributed by atoms with Crippen molar-refractivity contribution in [2.24, 2.45) is 0 Å². The fourth-order valence-corrected chi connectivity index (χ4v) is 2.35. The molecule has 0 saturated carbocycles. The van der Waals surface area contributed by atoms with Gasteiger partial charge < -0.3 is 4.57 Å². The van der Waals surface area contributed by atoms with Gasteiger partial charge >= 0.3 is 0 Å². The molecular weight excluding hydrogens is 279 g/mol. The number of halogens is 2. The Morgan fingerprint density at radius 3 is 2.90 bits per heavy atom. The Kier molecular flexibility index (Phi) is 3.60. The lowest BCUT2D eigenvalue weighted by Crippen LogP contribution is -2.07. The Hall–Kier alpha value is -2.01. The molecule has 0 spiro atoms. The highest BCUT2D eigenvalue weighted by molar-refractivity contribution is 6.17. The summed E-state index contributed by atoms with van der Waals surface area (Å²) < 4.78 is 15.3. The normalized spacial score (nSPS) is 11.1. The average molecular weight is 291 g/mol. The number of aromatic nitrogens is 4. The summed E-state index contributed by atoms with van der Waals surface area (Å²) in [6, 6.07) is 8.32. The van der Waals surface area contributed by atoms with Gasteiger partial charge in [0.2, 0.25) is 0 Å². The third-order valence-corrected chi connectivity index (χ3v) is 3.24. The van der Waals surface area contributed by atoms with Gasteiger partial charge in [-0.2, -0.15) is 10.2 Å². The van der Waals surface area contributed by atoms with E-state index < -0.39 is 0 Å². The standard InChI is InChI=1S/C14H12ClFN4/c15-6-5-14-18-12-8-10(16)3-4-13(12)20(14)9-11-2-1-7-17-19-11/h1-4,7-8H,5-6,9H2. The third-order valence-electron chi connectivity index (χ3n) is 3.06. The van der Waals surface area contributed by atoms with Crippen molar-refractivity contribution in [3.63, 3.8) is 0 Å². The number of hydrogen-bond donors (Lipinski definition) is 0. The van der Waals surface area contributed by atoms with Crippen molar-refractivity contribution in [1.82, 2.24) is 19.7 Å². The van der Waals surface area contributed by atoms with E-state index in [4.69, 9.17) is 11.6 Å². The maximum atomic E-state index is 13.3. The van der Waals surface area contributed by atoms with Crippen molar-refractivity contribution >= 4 is 22.6 Å². The number of nitrogens with zero attached hydrogens (tertiary/aromatic N) is 4. The Morgan fingerprint density at radius 1 is 1.25 bits per heavy atom. The fourth-order valence-electron chi connectivity index (χ4n) is 2.18. The van der Waals surface area contributed by atoms with Crippen LogP contribution in [0.2, 0.25) is 0 Å². The van der Waals surface area contributed by atoms with Crippen molar-refractivity contribution in [3.8, 4) is 0 Å².